The largest absolute Gasteiger partial charge is 0.378 e. The van der Waals surface area contributed by atoms with Crippen LogP contribution in [-0.4, -0.2) is 62.8 Å². The highest BCUT2D eigenvalue weighted by atomic mass is 16.5. The van der Waals surface area contributed by atoms with E-state index in [0.29, 0.717) is 12.6 Å². The highest BCUT2D eigenvalue weighted by Gasteiger charge is 2.15. The Morgan fingerprint density at radius 3 is 2.89 bits per heavy atom. The number of ether oxygens (including phenoxy) is 1. The predicted octanol–water partition coefficient (Wildman–Crippen LogP) is -0.0330. The van der Waals surface area contributed by atoms with Crippen LogP contribution in [0.5, 0.6) is 0 Å². The van der Waals surface area contributed by atoms with Gasteiger partial charge in [-0.2, -0.15) is 0 Å². The summed E-state index contributed by atoms with van der Waals surface area (Å²) in [6, 6.07) is 0. The monoisotopic (exact) mass is 255 g/mol. The molecule has 0 aromatic heterocycles. The third kappa shape index (κ3) is 4.92. The highest BCUT2D eigenvalue weighted by Crippen LogP contribution is 2.14. The molecule has 2 saturated heterocycles. The topological polar surface area (TPSA) is 53.6 Å². The second-order valence-corrected chi connectivity index (χ2v) is 5.15. The molecule has 5 nitrogen and oxygen atoms in total. The van der Waals surface area contributed by atoms with Crippen molar-refractivity contribution in [3.8, 4) is 0 Å². The number of hydrogen-bond donors (Lipinski definition) is 2. The Bertz CT molecular complexity index is 249. The summed E-state index contributed by atoms with van der Waals surface area (Å²) in [7, 11) is 0. The van der Waals surface area contributed by atoms with Crippen LogP contribution in [0.1, 0.15) is 25.7 Å². The molecule has 18 heavy (non-hydrogen) atoms. The summed E-state index contributed by atoms with van der Waals surface area (Å²) in [6.45, 7) is 6.09. The summed E-state index contributed by atoms with van der Waals surface area (Å²) < 4.78 is 5.64. The summed E-state index contributed by atoms with van der Waals surface area (Å²) >= 11 is 0. The van der Waals surface area contributed by atoms with Crippen LogP contribution in [-0.2, 0) is 9.53 Å². The van der Waals surface area contributed by atoms with E-state index in [1.165, 1.54) is 12.8 Å². The Kier molecular flexibility index (Phi) is 5.90. The first-order valence-electron chi connectivity index (χ1n) is 7.16. The number of nitrogens with zero attached hydrogens (tertiary/aromatic N) is 1. The van der Waals surface area contributed by atoms with E-state index >= 15 is 0 Å². The van der Waals surface area contributed by atoms with Gasteiger partial charge in [0.05, 0.1) is 12.6 Å². The zero-order valence-corrected chi connectivity index (χ0v) is 11.1. The molecule has 1 unspecified atom stereocenters. The van der Waals surface area contributed by atoms with Gasteiger partial charge in [0.25, 0.3) is 0 Å². The molecule has 2 rings (SSSR count). The smallest absolute Gasteiger partial charge is 0.234 e. The van der Waals surface area contributed by atoms with Crippen molar-refractivity contribution in [2.24, 2.45) is 0 Å². The van der Waals surface area contributed by atoms with Gasteiger partial charge in [-0.1, -0.05) is 0 Å². The fourth-order valence-electron chi connectivity index (χ4n) is 2.54. The van der Waals surface area contributed by atoms with E-state index in [2.05, 4.69) is 15.5 Å². The minimum absolute atomic E-state index is 0.146. The molecule has 2 N–H and O–H groups in total. The normalized spacial score (nSPS) is 25.9. The third-order valence-electron chi connectivity index (χ3n) is 3.64. The fraction of sp³-hybridized carbons (Fsp3) is 0.923. The van der Waals surface area contributed by atoms with Gasteiger partial charge in [-0.25, -0.2) is 0 Å². The molecular weight excluding hydrogens is 230 g/mol. The average molecular weight is 255 g/mol. The van der Waals surface area contributed by atoms with E-state index < -0.39 is 0 Å². The molecule has 0 spiro atoms. The van der Waals surface area contributed by atoms with Crippen LogP contribution in [0.15, 0.2) is 0 Å². The standard InChI is InChI=1S/C13H25N3O2/c17-13(11-16-8-6-14-7-9-16)15-5-4-12-3-1-2-10-18-12/h12,14H,1-11H2,(H,15,17). The SMILES string of the molecule is O=C(CN1CCNCC1)NCCC1CCCCO1. The molecule has 2 aliphatic rings. The lowest BCUT2D eigenvalue weighted by molar-refractivity contribution is -0.122. The van der Waals surface area contributed by atoms with Gasteiger partial charge in [-0.15, -0.1) is 0 Å². The van der Waals surface area contributed by atoms with Gasteiger partial charge in [-0.05, 0) is 25.7 Å². The fourth-order valence-corrected chi connectivity index (χ4v) is 2.54. The molecule has 0 aliphatic carbocycles. The van der Waals surface area contributed by atoms with Crippen molar-refractivity contribution in [2.45, 2.75) is 31.8 Å². The van der Waals surface area contributed by atoms with Crippen LogP contribution < -0.4 is 10.6 Å². The first-order valence-corrected chi connectivity index (χ1v) is 7.16. The van der Waals surface area contributed by atoms with Gasteiger partial charge in [0, 0.05) is 39.3 Å². The van der Waals surface area contributed by atoms with Crippen molar-refractivity contribution in [1.82, 2.24) is 15.5 Å². The lowest BCUT2D eigenvalue weighted by Gasteiger charge is -2.26. The van der Waals surface area contributed by atoms with Crippen LogP contribution in [0.4, 0.5) is 0 Å². The van der Waals surface area contributed by atoms with Crippen molar-refractivity contribution >= 4 is 5.91 Å². The number of carbonyl (C=O) groups excluding carboxylic acids is 1. The molecule has 5 heteroatoms. The second kappa shape index (κ2) is 7.71. The molecule has 2 aliphatic heterocycles. The number of amides is 1. The minimum Gasteiger partial charge on any atom is -0.378 e. The van der Waals surface area contributed by atoms with E-state index in [-0.39, 0.29) is 5.91 Å². The van der Waals surface area contributed by atoms with Gasteiger partial charge in [0.15, 0.2) is 0 Å². The molecule has 0 aromatic carbocycles. The Hall–Kier alpha value is -0.650. The van der Waals surface area contributed by atoms with Crippen LogP contribution in [0, 0.1) is 0 Å². The summed E-state index contributed by atoms with van der Waals surface area (Å²) in [6.07, 6.45) is 4.91. The van der Waals surface area contributed by atoms with Crippen molar-refractivity contribution in [1.29, 1.82) is 0 Å². The highest BCUT2D eigenvalue weighted by molar-refractivity contribution is 5.77. The Morgan fingerprint density at radius 2 is 2.17 bits per heavy atom. The van der Waals surface area contributed by atoms with E-state index in [9.17, 15) is 4.79 Å². The van der Waals surface area contributed by atoms with E-state index in [4.69, 9.17) is 4.74 Å². The van der Waals surface area contributed by atoms with Crippen LogP contribution in [0.25, 0.3) is 0 Å². The Labute approximate surface area is 109 Å². The molecule has 104 valence electrons. The maximum Gasteiger partial charge on any atom is 0.234 e. The van der Waals surface area contributed by atoms with Crippen LogP contribution in [0.3, 0.4) is 0 Å². The number of carbonyl (C=O) groups is 1. The molecule has 2 heterocycles. The summed E-state index contributed by atoms with van der Waals surface area (Å²) in [4.78, 5) is 13.9. The van der Waals surface area contributed by atoms with Crippen LogP contribution >= 0.6 is 0 Å². The van der Waals surface area contributed by atoms with Gasteiger partial charge in [-0.3, -0.25) is 9.69 Å². The molecule has 1 atom stereocenters. The lowest BCUT2D eigenvalue weighted by atomic mass is 10.1. The number of hydrogen-bond acceptors (Lipinski definition) is 4. The Balaban J connectivity index is 1.53. The lowest BCUT2D eigenvalue weighted by Crippen LogP contribution is -2.47. The maximum absolute atomic E-state index is 11.7. The van der Waals surface area contributed by atoms with E-state index in [1.807, 2.05) is 0 Å². The summed E-state index contributed by atoms with van der Waals surface area (Å²) in [5, 5.41) is 6.28. The molecule has 0 aromatic rings. The summed E-state index contributed by atoms with van der Waals surface area (Å²) in [5.41, 5.74) is 0. The predicted molar refractivity (Wildman–Crippen MR) is 70.5 cm³/mol. The molecule has 0 radical (unpaired) electrons. The molecule has 0 saturated carbocycles. The molecule has 0 bridgehead atoms. The zero-order chi connectivity index (χ0) is 12.6. The average Bonchev–Trinajstić information content (AvgIpc) is 2.41. The zero-order valence-electron chi connectivity index (χ0n) is 11.1. The van der Waals surface area contributed by atoms with Crippen LogP contribution in [0.2, 0.25) is 0 Å². The van der Waals surface area contributed by atoms with Crippen molar-refractivity contribution < 1.29 is 9.53 Å². The second-order valence-electron chi connectivity index (χ2n) is 5.15. The first kappa shape index (κ1) is 13.8. The van der Waals surface area contributed by atoms with Crippen molar-refractivity contribution in [2.75, 3.05) is 45.9 Å². The van der Waals surface area contributed by atoms with E-state index in [0.717, 1.165) is 52.2 Å². The van der Waals surface area contributed by atoms with Crippen molar-refractivity contribution in [3.05, 3.63) is 0 Å². The molecule has 1 amide bonds. The molecular formula is C13H25N3O2. The van der Waals surface area contributed by atoms with Gasteiger partial charge < -0.3 is 15.4 Å². The third-order valence-corrected chi connectivity index (χ3v) is 3.64. The van der Waals surface area contributed by atoms with Gasteiger partial charge >= 0.3 is 0 Å². The van der Waals surface area contributed by atoms with Crippen molar-refractivity contribution in [3.63, 3.8) is 0 Å². The number of nitrogens with one attached hydrogen (secondary N) is 2. The number of piperazine rings is 1. The first-order chi connectivity index (χ1) is 8.84. The summed E-state index contributed by atoms with van der Waals surface area (Å²) in [5.74, 6) is 0.146. The quantitative estimate of drug-likeness (QED) is 0.724. The minimum atomic E-state index is 0.146. The molecule has 2 fully saturated rings. The van der Waals surface area contributed by atoms with Gasteiger partial charge in [0.1, 0.15) is 0 Å². The number of rotatable bonds is 5. The van der Waals surface area contributed by atoms with E-state index in [1.54, 1.807) is 0 Å². The maximum atomic E-state index is 11.7. The van der Waals surface area contributed by atoms with Gasteiger partial charge in [0.2, 0.25) is 5.91 Å². The Morgan fingerprint density at radius 1 is 1.33 bits per heavy atom.